The van der Waals surface area contributed by atoms with Gasteiger partial charge >= 0.3 is 12.3 Å². The number of carbonyl (C=O) groups excluding carboxylic acids is 2. The van der Waals surface area contributed by atoms with Gasteiger partial charge in [0.1, 0.15) is 26.4 Å². The van der Waals surface area contributed by atoms with Gasteiger partial charge in [0.05, 0.1) is 0 Å². The molecule has 20 heavy (non-hydrogen) atoms. The average Bonchev–Trinajstić information content (AvgIpc) is 2.37. The van der Waals surface area contributed by atoms with Crippen LogP contribution in [-0.4, -0.2) is 87.8 Å². The summed E-state index contributed by atoms with van der Waals surface area (Å²) in [5.41, 5.74) is 0. The second kappa shape index (κ2) is 7.91. The highest BCUT2D eigenvalue weighted by molar-refractivity contribution is 5.60. The quantitative estimate of drug-likeness (QED) is 0.668. The van der Waals surface area contributed by atoms with Gasteiger partial charge in [-0.05, 0) is 0 Å². The van der Waals surface area contributed by atoms with Crippen LogP contribution in [0.5, 0.6) is 0 Å². The zero-order chi connectivity index (χ0) is 14.2. The highest BCUT2D eigenvalue weighted by atomic mass is 16.7. The van der Waals surface area contributed by atoms with Crippen LogP contribution in [0, 0.1) is 0 Å². The summed E-state index contributed by atoms with van der Waals surface area (Å²) in [6, 6.07) is 0. The van der Waals surface area contributed by atoms with E-state index in [0.717, 1.165) is 13.1 Å². The topological polar surface area (TPSA) is 77.5 Å². The van der Waals surface area contributed by atoms with E-state index < -0.39 is 12.3 Å². The summed E-state index contributed by atoms with van der Waals surface area (Å²) in [6.07, 6.45) is -1.18. The van der Waals surface area contributed by atoms with Crippen molar-refractivity contribution in [2.45, 2.75) is 0 Å². The molecule has 2 aliphatic rings. The summed E-state index contributed by atoms with van der Waals surface area (Å²) in [6.45, 7) is 5.88. The molecule has 0 aromatic heterocycles. The predicted molar refractivity (Wildman–Crippen MR) is 67.5 cm³/mol. The van der Waals surface area contributed by atoms with Gasteiger partial charge in [0.2, 0.25) is 0 Å². The molecule has 114 valence electrons. The first-order chi connectivity index (χ1) is 9.74. The molecule has 0 amide bonds. The van der Waals surface area contributed by atoms with E-state index in [9.17, 15) is 9.59 Å². The van der Waals surface area contributed by atoms with Crippen LogP contribution in [0.15, 0.2) is 0 Å². The van der Waals surface area contributed by atoms with E-state index in [1.165, 1.54) is 0 Å². The second-order valence-electron chi connectivity index (χ2n) is 4.58. The molecule has 0 aromatic carbocycles. The molecule has 0 saturated carbocycles. The Balaban J connectivity index is 1.67. The highest BCUT2D eigenvalue weighted by Gasteiger charge is 2.16. The molecule has 0 spiro atoms. The fraction of sp³-hybridized carbons (Fsp3) is 0.833. The van der Waals surface area contributed by atoms with E-state index >= 15 is 0 Å². The van der Waals surface area contributed by atoms with Crippen molar-refractivity contribution in [2.75, 3.05) is 65.7 Å². The van der Waals surface area contributed by atoms with Crippen LogP contribution in [-0.2, 0) is 18.9 Å². The lowest BCUT2D eigenvalue weighted by Gasteiger charge is -2.29. The third kappa shape index (κ3) is 5.22. The first kappa shape index (κ1) is 14.9. The van der Waals surface area contributed by atoms with E-state index in [1.54, 1.807) is 0 Å². The van der Waals surface area contributed by atoms with Crippen molar-refractivity contribution in [1.29, 1.82) is 0 Å². The molecule has 0 bridgehead atoms. The molecule has 0 unspecified atom stereocenters. The predicted octanol–water partition coefficient (Wildman–Crippen LogP) is -0.0760. The maximum atomic E-state index is 10.9. The van der Waals surface area contributed by atoms with Gasteiger partial charge in [-0.3, -0.25) is 9.80 Å². The maximum Gasteiger partial charge on any atom is 0.508 e. The van der Waals surface area contributed by atoms with Crippen LogP contribution in [0.3, 0.4) is 0 Å². The largest absolute Gasteiger partial charge is 0.508 e. The molecular formula is C12H20N2O6. The van der Waals surface area contributed by atoms with Crippen molar-refractivity contribution in [3.63, 3.8) is 0 Å². The van der Waals surface area contributed by atoms with Crippen molar-refractivity contribution in [1.82, 2.24) is 9.80 Å². The number of cyclic esters (lactones) is 4. The fourth-order valence-corrected chi connectivity index (χ4v) is 2.07. The van der Waals surface area contributed by atoms with Gasteiger partial charge in [0.15, 0.2) is 0 Å². The molecule has 8 heteroatoms. The second-order valence-corrected chi connectivity index (χ2v) is 4.58. The lowest BCUT2D eigenvalue weighted by Crippen LogP contribution is -2.43. The van der Waals surface area contributed by atoms with Gasteiger partial charge in [-0.2, -0.15) is 0 Å². The molecule has 8 nitrogen and oxygen atoms in total. The van der Waals surface area contributed by atoms with Gasteiger partial charge in [0, 0.05) is 39.3 Å². The number of nitrogens with zero attached hydrogens (tertiary/aromatic N) is 2. The number of carbonyl (C=O) groups is 2. The minimum absolute atomic E-state index is 0.347. The molecule has 2 fully saturated rings. The first-order valence-corrected chi connectivity index (χ1v) is 6.78. The van der Waals surface area contributed by atoms with Crippen molar-refractivity contribution in [3.05, 3.63) is 0 Å². The Morgan fingerprint density at radius 3 is 1.25 bits per heavy atom. The van der Waals surface area contributed by atoms with Crippen LogP contribution in [0.25, 0.3) is 0 Å². The molecule has 0 aromatic rings. The molecule has 2 heterocycles. The zero-order valence-corrected chi connectivity index (χ0v) is 11.4. The van der Waals surface area contributed by atoms with E-state index in [0.29, 0.717) is 52.6 Å². The van der Waals surface area contributed by atoms with Crippen molar-refractivity contribution in [2.24, 2.45) is 0 Å². The van der Waals surface area contributed by atoms with Crippen molar-refractivity contribution < 1.29 is 28.5 Å². The Bertz CT molecular complexity index is 282. The van der Waals surface area contributed by atoms with Crippen LogP contribution in [0.1, 0.15) is 0 Å². The Morgan fingerprint density at radius 1 is 0.650 bits per heavy atom. The molecular weight excluding hydrogens is 268 g/mol. The molecule has 0 N–H and O–H groups in total. The van der Waals surface area contributed by atoms with Crippen LogP contribution >= 0.6 is 0 Å². The molecule has 0 aliphatic carbocycles. The normalized spacial score (nSPS) is 23.2. The lowest BCUT2D eigenvalue weighted by atomic mass is 10.4. The van der Waals surface area contributed by atoms with Gasteiger partial charge in [-0.25, -0.2) is 9.59 Å². The zero-order valence-electron chi connectivity index (χ0n) is 11.4. The van der Waals surface area contributed by atoms with Crippen LogP contribution < -0.4 is 0 Å². The summed E-state index contributed by atoms with van der Waals surface area (Å²) < 4.78 is 19.4. The standard InChI is InChI=1S/C12H20N2O6/c15-11-17-7-3-13(4-8-18-11)1-2-14-5-9-19-12(16)20-10-6-14/h1-10H2. The van der Waals surface area contributed by atoms with Crippen LogP contribution in [0.2, 0.25) is 0 Å². The SMILES string of the molecule is O=C1OCCN(CCN2CCOC(=O)OCC2)CCO1. The summed E-state index contributed by atoms with van der Waals surface area (Å²) >= 11 is 0. The Hall–Kier alpha value is -1.54. The van der Waals surface area contributed by atoms with Gasteiger partial charge in [-0.1, -0.05) is 0 Å². The van der Waals surface area contributed by atoms with Gasteiger partial charge < -0.3 is 18.9 Å². The Labute approximate surface area is 117 Å². The summed E-state index contributed by atoms with van der Waals surface area (Å²) in [7, 11) is 0. The third-order valence-electron chi connectivity index (χ3n) is 3.24. The third-order valence-corrected chi connectivity index (χ3v) is 3.24. The first-order valence-electron chi connectivity index (χ1n) is 6.78. The average molecular weight is 288 g/mol. The number of ether oxygens (including phenoxy) is 4. The van der Waals surface area contributed by atoms with Crippen LogP contribution in [0.4, 0.5) is 9.59 Å². The van der Waals surface area contributed by atoms with E-state index in [1.807, 2.05) is 0 Å². The molecule has 0 radical (unpaired) electrons. The number of hydrogen-bond donors (Lipinski definition) is 0. The smallest absolute Gasteiger partial charge is 0.433 e. The van der Waals surface area contributed by atoms with Gasteiger partial charge in [-0.15, -0.1) is 0 Å². The number of rotatable bonds is 3. The van der Waals surface area contributed by atoms with Crippen molar-refractivity contribution >= 4 is 12.3 Å². The summed E-state index contributed by atoms with van der Waals surface area (Å²) in [4.78, 5) is 26.2. The number of hydrogen-bond acceptors (Lipinski definition) is 8. The van der Waals surface area contributed by atoms with E-state index in [-0.39, 0.29) is 0 Å². The summed E-state index contributed by atoms with van der Waals surface area (Å²) in [5.74, 6) is 0. The molecule has 0 atom stereocenters. The Morgan fingerprint density at radius 2 is 0.950 bits per heavy atom. The fourth-order valence-electron chi connectivity index (χ4n) is 2.07. The lowest BCUT2D eigenvalue weighted by molar-refractivity contribution is 0.00965. The molecule has 2 aliphatic heterocycles. The minimum Gasteiger partial charge on any atom is -0.433 e. The van der Waals surface area contributed by atoms with E-state index in [2.05, 4.69) is 9.80 Å². The maximum absolute atomic E-state index is 10.9. The van der Waals surface area contributed by atoms with Crippen molar-refractivity contribution in [3.8, 4) is 0 Å². The van der Waals surface area contributed by atoms with Gasteiger partial charge in [0.25, 0.3) is 0 Å². The monoisotopic (exact) mass is 288 g/mol. The minimum atomic E-state index is -0.590. The highest BCUT2D eigenvalue weighted by Crippen LogP contribution is 2.00. The molecule has 2 saturated heterocycles. The Kier molecular flexibility index (Phi) is 5.87. The summed E-state index contributed by atoms with van der Waals surface area (Å²) in [5, 5.41) is 0. The molecule has 2 rings (SSSR count). The van der Waals surface area contributed by atoms with E-state index in [4.69, 9.17) is 18.9 Å².